The number of sulfonamides is 1. The third kappa shape index (κ3) is 4.80. The number of aromatic nitrogens is 2. The number of hydrogen-bond acceptors (Lipinski definition) is 5. The predicted molar refractivity (Wildman–Crippen MR) is 113 cm³/mol. The van der Waals surface area contributed by atoms with E-state index in [1.807, 2.05) is 0 Å². The maximum atomic E-state index is 12.8. The van der Waals surface area contributed by atoms with E-state index in [4.69, 9.17) is 11.6 Å². The van der Waals surface area contributed by atoms with Crippen LogP contribution in [-0.2, 0) is 21.4 Å². The lowest BCUT2D eigenvalue weighted by atomic mass is 10.3. The Bertz CT molecular complexity index is 980. The molecule has 1 aromatic heterocycles. The van der Waals surface area contributed by atoms with E-state index in [2.05, 4.69) is 22.2 Å². The van der Waals surface area contributed by atoms with E-state index in [-0.39, 0.29) is 17.3 Å². The summed E-state index contributed by atoms with van der Waals surface area (Å²) in [5, 5.41) is 7.54. The number of nitrogens with one attached hydrogen (secondary N) is 1. The minimum Gasteiger partial charge on any atom is -0.324 e. The van der Waals surface area contributed by atoms with Gasteiger partial charge in [-0.25, -0.2) is 8.42 Å². The minimum absolute atomic E-state index is 0.0289. The van der Waals surface area contributed by atoms with Gasteiger partial charge in [0.05, 0.1) is 21.3 Å². The molecule has 0 bridgehead atoms. The summed E-state index contributed by atoms with van der Waals surface area (Å²) < 4.78 is 28.7. The van der Waals surface area contributed by atoms with Crippen LogP contribution in [0.1, 0.15) is 18.3 Å². The molecule has 1 aliphatic rings. The Hall–Kier alpha value is -1.94. The summed E-state index contributed by atoms with van der Waals surface area (Å²) in [6.07, 6.45) is 0. The van der Waals surface area contributed by atoms with Crippen LogP contribution in [0.15, 0.2) is 29.2 Å². The Morgan fingerprint density at radius 2 is 1.76 bits per heavy atom. The van der Waals surface area contributed by atoms with Gasteiger partial charge in [0.2, 0.25) is 15.9 Å². The van der Waals surface area contributed by atoms with Gasteiger partial charge in [0.1, 0.15) is 6.54 Å². The van der Waals surface area contributed by atoms with Crippen LogP contribution < -0.4 is 5.32 Å². The van der Waals surface area contributed by atoms with E-state index in [1.165, 1.54) is 16.4 Å². The third-order valence-corrected chi connectivity index (χ3v) is 7.60. The highest BCUT2D eigenvalue weighted by molar-refractivity contribution is 7.89. The first kappa shape index (κ1) is 21.8. The summed E-state index contributed by atoms with van der Waals surface area (Å²) in [6, 6.07) is 6.25. The Morgan fingerprint density at radius 1 is 1.14 bits per heavy atom. The fourth-order valence-corrected chi connectivity index (χ4v) is 4.87. The van der Waals surface area contributed by atoms with Gasteiger partial charge in [-0.15, -0.1) is 0 Å². The van der Waals surface area contributed by atoms with E-state index >= 15 is 0 Å². The van der Waals surface area contributed by atoms with Crippen molar-refractivity contribution in [1.29, 1.82) is 0 Å². The number of hydrogen-bond donors (Lipinski definition) is 1. The Labute approximate surface area is 176 Å². The van der Waals surface area contributed by atoms with Gasteiger partial charge in [-0.3, -0.25) is 9.48 Å². The van der Waals surface area contributed by atoms with Gasteiger partial charge in [-0.2, -0.15) is 9.40 Å². The zero-order chi connectivity index (χ0) is 21.2. The molecular weight excluding hydrogens is 414 g/mol. The summed E-state index contributed by atoms with van der Waals surface area (Å²) >= 11 is 6.10. The van der Waals surface area contributed by atoms with Crippen molar-refractivity contribution in [3.05, 3.63) is 40.7 Å². The fourth-order valence-electron chi connectivity index (χ4n) is 3.31. The van der Waals surface area contributed by atoms with Gasteiger partial charge in [0, 0.05) is 31.9 Å². The molecule has 0 radical (unpaired) electrons. The summed E-state index contributed by atoms with van der Waals surface area (Å²) in [5.74, 6) is -0.265. The first-order valence-electron chi connectivity index (χ1n) is 9.54. The van der Waals surface area contributed by atoms with Crippen molar-refractivity contribution in [2.24, 2.45) is 0 Å². The van der Waals surface area contributed by atoms with E-state index in [1.54, 1.807) is 30.7 Å². The maximum Gasteiger partial charge on any atom is 0.246 e. The smallest absolute Gasteiger partial charge is 0.246 e. The topological polar surface area (TPSA) is 87.5 Å². The van der Waals surface area contributed by atoms with Crippen molar-refractivity contribution in [2.75, 3.05) is 38.0 Å². The monoisotopic (exact) mass is 439 g/mol. The van der Waals surface area contributed by atoms with Gasteiger partial charge in [0.15, 0.2) is 0 Å². The van der Waals surface area contributed by atoms with E-state index in [0.717, 1.165) is 25.3 Å². The number of piperazine rings is 1. The molecule has 0 spiro atoms. The van der Waals surface area contributed by atoms with Crippen LogP contribution in [0.4, 0.5) is 5.69 Å². The molecule has 8 nitrogen and oxygen atoms in total. The molecule has 1 saturated heterocycles. The molecule has 1 N–H and O–H groups in total. The van der Waals surface area contributed by atoms with Gasteiger partial charge in [-0.1, -0.05) is 18.5 Å². The van der Waals surface area contributed by atoms with Crippen molar-refractivity contribution in [3.8, 4) is 0 Å². The average molecular weight is 440 g/mol. The second-order valence-electron chi connectivity index (χ2n) is 7.05. The van der Waals surface area contributed by atoms with E-state index in [9.17, 15) is 13.2 Å². The minimum atomic E-state index is -3.53. The van der Waals surface area contributed by atoms with Crippen LogP contribution in [-0.4, -0.2) is 66.0 Å². The van der Waals surface area contributed by atoms with Crippen molar-refractivity contribution in [3.63, 3.8) is 0 Å². The van der Waals surface area contributed by atoms with E-state index < -0.39 is 10.0 Å². The molecular formula is C19H26ClN5O3S. The number of anilines is 1. The molecule has 0 saturated carbocycles. The van der Waals surface area contributed by atoms with Crippen LogP contribution in [0.2, 0.25) is 5.02 Å². The number of benzene rings is 1. The third-order valence-electron chi connectivity index (χ3n) is 5.14. The molecule has 3 rings (SSSR count). The Balaban J connectivity index is 1.63. The zero-order valence-electron chi connectivity index (χ0n) is 16.9. The highest BCUT2D eigenvalue weighted by atomic mass is 35.5. The van der Waals surface area contributed by atoms with Gasteiger partial charge in [0.25, 0.3) is 0 Å². The molecule has 1 fully saturated rings. The van der Waals surface area contributed by atoms with Crippen LogP contribution >= 0.6 is 11.6 Å². The number of halogens is 1. The summed E-state index contributed by atoms with van der Waals surface area (Å²) in [4.78, 5) is 14.7. The number of amides is 1. The molecule has 29 heavy (non-hydrogen) atoms. The first-order valence-corrected chi connectivity index (χ1v) is 11.4. The van der Waals surface area contributed by atoms with Crippen molar-refractivity contribution in [2.45, 2.75) is 32.2 Å². The highest BCUT2D eigenvalue weighted by Gasteiger charge is 2.27. The predicted octanol–water partition coefficient (Wildman–Crippen LogP) is 2.12. The molecule has 2 heterocycles. The van der Waals surface area contributed by atoms with Gasteiger partial charge >= 0.3 is 0 Å². The first-order chi connectivity index (χ1) is 13.7. The largest absolute Gasteiger partial charge is 0.324 e. The van der Waals surface area contributed by atoms with Crippen LogP contribution in [0, 0.1) is 13.8 Å². The van der Waals surface area contributed by atoms with Crippen molar-refractivity contribution >= 4 is 33.2 Å². The van der Waals surface area contributed by atoms with Gasteiger partial charge in [-0.05, 0) is 44.7 Å². The maximum absolute atomic E-state index is 12.8. The SMILES string of the molecule is CCN1CCN(S(=O)(=O)c2ccc(NC(=O)Cn3nc(C)c(Cl)c3C)cc2)CC1. The molecule has 10 heteroatoms. The number of likely N-dealkylation sites (N-methyl/N-ethyl adjacent to an activating group) is 1. The van der Waals surface area contributed by atoms with Crippen molar-refractivity contribution < 1.29 is 13.2 Å². The quantitative estimate of drug-likeness (QED) is 0.744. The van der Waals surface area contributed by atoms with E-state index in [0.29, 0.717) is 29.5 Å². The lowest BCUT2D eigenvalue weighted by Gasteiger charge is -2.33. The molecule has 0 unspecified atom stereocenters. The molecule has 158 valence electrons. The molecule has 2 aromatic rings. The molecule has 1 amide bonds. The summed E-state index contributed by atoms with van der Waals surface area (Å²) in [7, 11) is -3.53. The van der Waals surface area contributed by atoms with Crippen LogP contribution in [0.3, 0.4) is 0 Å². The zero-order valence-corrected chi connectivity index (χ0v) is 18.4. The molecule has 1 aliphatic heterocycles. The van der Waals surface area contributed by atoms with Crippen LogP contribution in [0.5, 0.6) is 0 Å². The molecule has 1 aromatic carbocycles. The highest BCUT2D eigenvalue weighted by Crippen LogP contribution is 2.21. The Morgan fingerprint density at radius 3 is 2.28 bits per heavy atom. The lowest BCUT2D eigenvalue weighted by Crippen LogP contribution is -2.48. The second-order valence-corrected chi connectivity index (χ2v) is 9.37. The normalized spacial score (nSPS) is 16.1. The standard InChI is InChI=1S/C19H26ClN5O3S/c1-4-23-9-11-24(12-10-23)29(27,28)17-7-5-16(6-8-17)21-18(26)13-25-15(3)19(20)14(2)22-25/h5-8H,4,9-13H2,1-3H3,(H,21,26). The summed E-state index contributed by atoms with van der Waals surface area (Å²) in [5.41, 5.74) is 1.92. The number of carbonyl (C=O) groups is 1. The van der Waals surface area contributed by atoms with Crippen molar-refractivity contribution in [1.82, 2.24) is 19.0 Å². The van der Waals surface area contributed by atoms with Gasteiger partial charge < -0.3 is 10.2 Å². The lowest BCUT2D eigenvalue weighted by molar-refractivity contribution is -0.116. The summed E-state index contributed by atoms with van der Waals surface area (Å²) in [6.45, 7) is 9.05. The number of nitrogens with zero attached hydrogens (tertiary/aromatic N) is 4. The molecule has 0 aliphatic carbocycles. The number of rotatable bonds is 6. The number of carbonyl (C=O) groups excluding carboxylic acids is 1. The molecule has 0 atom stereocenters. The van der Waals surface area contributed by atoms with Crippen LogP contribution in [0.25, 0.3) is 0 Å². The Kier molecular flexibility index (Phi) is 6.62. The average Bonchev–Trinajstić information content (AvgIpc) is 2.95. The fraction of sp³-hybridized carbons (Fsp3) is 0.474. The second kappa shape index (κ2) is 8.83. The number of aryl methyl sites for hydroxylation is 1.